The van der Waals surface area contributed by atoms with Gasteiger partial charge in [0.15, 0.2) is 0 Å². The van der Waals surface area contributed by atoms with Crippen LogP contribution < -0.4 is 0 Å². The van der Waals surface area contributed by atoms with Crippen LogP contribution in [-0.2, 0) is 6.42 Å². The lowest BCUT2D eigenvalue weighted by Crippen LogP contribution is -2.26. The van der Waals surface area contributed by atoms with Crippen molar-refractivity contribution < 1.29 is 4.52 Å². The molecule has 4 nitrogen and oxygen atoms in total. The number of hydrogen-bond acceptors (Lipinski definition) is 5. The van der Waals surface area contributed by atoms with Gasteiger partial charge in [-0.05, 0) is 43.9 Å². The standard InChI is InChI=1S/C15H23N3OS/c1-3-5-10-18(4-2)11-6-9-14-16-15(17-19-14)13-8-7-12-20-13/h7-8,12H,3-6,9-11H2,1-2H3. The summed E-state index contributed by atoms with van der Waals surface area (Å²) in [6.07, 6.45) is 4.46. The summed E-state index contributed by atoms with van der Waals surface area (Å²) in [4.78, 5) is 8.01. The molecule has 0 N–H and O–H groups in total. The van der Waals surface area contributed by atoms with E-state index in [1.165, 1.54) is 19.4 Å². The van der Waals surface area contributed by atoms with Gasteiger partial charge in [0.05, 0.1) is 4.88 Å². The molecule has 0 aliphatic carbocycles. The van der Waals surface area contributed by atoms with Gasteiger partial charge in [-0.15, -0.1) is 11.3 Å². The van der Waals surface area contributed by atoms with E-state index in [9.17, 15) is 0 Å². The van der Waals surface area contributed by atoms with E-state index < -0.39 is 0 Å². The maximum Gasteiger partial charge on any atom is 0.227 e. The fourth-order valence-corrected chi connectivity index (χ4v) is 2.78. The quantitative estimate of drug-likeness (QED) is 0.704. The summed E-state index contributed by atoms with van der Waals surface area (Å²) < 4.78 is 5.31. The molecular formula is C15H23N3OS. The van der Waals surface area contributed by atoms with E-state index in [1.807, 2.05) is 17.5 Å². The maximum atomic E-state index is 5.31. The van der Waals surface area contributed by atoms with Crippen molar-refractivity contribution >= 4 is 11.3 Å². The third-order valence-electron chi connectivity index (χ3n) is 3.35. The van der Waals surface area contributed by atoms with E-state index in [1.54, 1.807) is 11.3 Å². The largest absolute Gasteiger partial charge is 0.339 e. The first-order valence-corrected chi connectivity index (χ1v) is 8.30. The highest BCUT2D eigenvalue weighted by Gasteiger charge is 2.09. The van der Waals surface area contributed by atoms with Gasteiger partial charge in [0.25, 0.3) is 0 Å². The molecule has 0 unspecified atom stereocenters. The molecule has 0 aliphatic heterocycles. The Kier molecular flexibility index (Phi) is 6.21. The first-order chi connectivity index (χ1) is 9.83. The molecule has 0 fully saturated rings. The van der Waals surface area contributed by atoms with Crippen molar-refractivity contribution in [3.63, 3.8) is 0 Å². The van der Waals surface area contributed by atoms with Crippen LogP contribution in [0.1, 0.15) is 39.0 Å². The second kappa shape index (κ2) is 8.17. The van der Waals surface area contributed by atoms with Crippen molar-refractivity contribution in [1.29, 1.82) is 0 Å². The molecule has 20 heavy (non-hydrogen) atoms. The van der Waals surface area contributed by atoms with Gasteiger partial charge in [-0.25, -0.2) is 0 Å². The summed E-state index contributed by atoms with van der Waals surface area (Å²) in [5.74, 6) is 1.47. The average molecular weight is 293 g/mol. The fraction of sp³-hybridized carbons (Fsp3) is 0.600. The molecule has 0 spiro atoms. The smallest absolute Gasteiger partial charge is 0.227 e. The van der Waals surface area contributed by atoms with Gasteiger partial charge in [-0.1, -0.05) is 31.5 Å². The molecular weight excluding hydrogens is 270 g/mol. The van der Waals surface area contributed by atoms with Gasteiger partial charge in [0.2, 0.25) is 11.7 Å². The van der Waals surface area contributed by atoms with Gasteiger partial charge >= 0.3 is 0 Å². The number of nitrogens with zero attached hydrogens (tertiary/aromatic N) is 3. The molecule has 0 amide bonds. The van der Waals surface area contributed by atoms with E-state index in [4.69, 9.17) is 4.52 Å². The first-order valence-electron chi connectivity index (χ1n) is 7.42. The Balaban J connectivity index is 1.77. The van der Waals surface area contributed by atoms with Crippen molar-refractivity contribution in [3.05, 3.63) is 23.4 Å². The SMILES string of the molecule is CCCCN(CC)CCCc1nc(-c2cccs2)no1. The fourth-order valence-electron chi connectivity index (χ4n) is 2.13. The van der Waals surface area contributed by atoms with Crippen LogP contribution in [0.5, 0.6) is 0 Å². The summed E-state index contributed by atoms with van der Waals surface area (Å²) in [5, 5.41) is 6.06. The Morgan fingerprint density at radius 1 is 1.25 bits per heavy atom. The molecule has 0 saturated heterocycles. The molecule has 2 aromatic heterocycles. The zero-order valence-corrected chi connectivity index (χ0v) is 13.2. The van der Waals surface area contributed by atoms with Crippen molar-refractivity contribution in [2.75, 3.05) is 19.6 Å². The van der Waals surface area contributed by atoms with Crippen molar-refractivity contribution in [2.24, 2.45) is 0 Å². The summed E-state index contributed by atoms with van der Waals surface area (Å²) in [6, 6.07) is 4.02. The van der Waals surface area contributed by atoms with E-state index in [0.717, 1.165) is 36.7 Å². The topological polar surface area (TPSA) is 42.2 Å². The van der Waals surface area contributed by atoms with Gasteiger partial charge in [-0.3, -0.25) is 0 Å². The monoisotopic (exact) mass is 293 g/mol. The van der Waals surface area contributed by atoms with E-state index in [0.29, 0.717) is 5.82 Å². The van der Waals surface area contributed by atoms with Crippen LogP contribution in [0.3, 0.4) is 0 Å². The number of aryl methyl sites for hydroxylation is 1. The Labute approximate surface area is 124 Å². The second-order valence-electron chi connectivity index (χ2n) is 4.88. The molecule has 110 valence electrons. The number of thiophene rings is 1. The number of rotatable bonds is 9. The van der Waals surface area contributed by atoms with Crippen molar-refractivity contribution in [3.8, 4) is 10.7 Å². The van der Waals surface area contributed by atoms with E-state index in [2.05, 4.69) is 28.9 Å². The molecule has 2 heterocycles. The minimum atomic E-state index is 0.716. The Morgan fingerprint density at radius 3 is 2.80 bits per heavy atom. The third kappa shape index (κ3) is 4.42. The normalized spacial score (nSPS) is 11.3. The van der Waals surface area contributed by atoms with Gasteiger partial charge in [0, 0.05) is 6.42 Å². The van der Waals surface area contributed by atoms with Gasteiger partial charge in [-0.2, -0.15) is 4.98 Å². The molecule has 0 saturated carbocycles. The first kappa shape index (κ1) is 15.2. The number of hydrogen-bond donors (Lipinski definition) is 0. The lowest BCUT2D eigenvalue weighted by molar-refractivity contribution is 0.274. The molecule has 2 aromatic rings. The molecule has 0 radical (unpaired) electrons. The van der Waals surface area contributed by atoms with Crippen molar-refractivity contribution in [2.45, 2.75) is 39.5 Å². The van der Waals surface area contributed by atoms with Crippen LogP contribution in [-0.4, -0.2) is 34.7 Å². The minimum absolute atomic E-state index is 0.716. The van der Waals surface area contributed by atoms with Gasteiger partial charge in [0.1, 0.15) is 0 Å². The van der Waals surface area contributed by atoms with Gasteiger partial charge < -0.3 is 9.42 Å². The summed E-state index contributed by atoms with van der Waals surface area (Å²) >= 11 is 1.64. The van der Waals surface area contributed by atoms with Crippen LogP contribution in [0.15, 0.2) is 22.0 Å². The zero-order chi connectivity index (χ0) is 14.2. The molecule has 0 bridgehead atoms. The molecule has 0 atom stereocenters. The second-order valence-corrected chi connectivity index (χ2v) is 5.83. The Bertz CT molecular complexity index is 481. The Morgan fingerprint density at radius 2 is 2.10 bits per heavy atom. The lowest BCUT2D eigenvalue weighted by atomic mass is 10.2. The predicted octanol–water partition coefficient (Wildman–Crippen LogP) is 3.85. The zero-order valence-electron chi connectivity index (χ0n) is 12.3. The van der Waals surface area contributed by atoms with Crippen LogP contribution in [0.2, 0.25) is 0 Å². The van der Waals surface area contributed by atoms with Crippen LogP contribution in [0.4, 0.5) is 0 Å². The van der Waals surface area contributed by atoms with Crippen LogP contribution in [0.25, 0.3) is 10.7 Å². The summed E-state index contributed by atoms with van der Waals surface area (Å²) in [7, 11) is 0. The number of aromatic nitrogens is 2. The number of unbranched alkanes of at least 4 members (excludes halogenated alkanes) is 1. The van der Waals surface area contributed by atoms with Crippen LogP contribution >= 0.6 is 11.3 Å². The van der Waals surface area contributed by atoms with E-state index in [-0.39, 0.29) is 0 Å². The lowest BCUT2D eigenvalue weighted by Gasteiger charge is -2.19. The highest BCUT2D eigenvalue weighted by molar-refractivity contribution is 7.13. The highest BCUT2D eigenvalue weighted by atomic mass is 32.1. The van der Waals surface area contributed by atoms with Crippen LogP contribution in [0, 0.1) is 0 Å². The predicted molar refractivity (Wildman–Crippen MR) is 83.0 cm³/mol. The molecule has 0 aliphatic rings. The third-order valence-corrected chi connectivity index (χ3v) is 4.22. The molecule has 5 heteroatoms. The van der Waals surface area contributed by atoms with E-state index >= 15 is 0 Å². The average Bonchev–Trinajstić information content (AvgIpc) is 3.13. The van der Waals surface area contributed by atoms with Crippen molar-refractivity contribution in [1.82, 2.24) is 15.0 Å². The highest BCUT2D eigenvalue weighted by Crippen LogP contribution is 2.21. The Hall–Kier alpha value is -1.20. The minimum Gasteiger partial charge on any atom is -0.339 e. The maximum absolute atomic E-state index is 5.31. The summed E-state index contributed by atoms with van der Waals surface area (Å²) in [5.41, 5.74) is 0. The summed E-state index contributed by atoms with van der Waals surface area (Å²) in [6.45, 7) is 7.87. The molecule has 2 rings (SSSR count). The molecule has 0 aromatic carbocycles.